The molecule has 0 fully saturated rings. The van der Waals surface area contributed by atoms with E-state index in [1.54, 1.807) is 13.8 Å². The van der Waals surface area contributed by atoms with Crippen LogP contribution in [0.4, 0.5) is 0 Å². The highest BCUT2D eigenvalue weighted by atomic mass is 32.2. The molecular weight excluding hydrogens is 366 g/mol. The standard InChI is InChI=1S/C20H21NO5S/c1-13-11-16(20(22)25-4)9-10-19(13)27(23,24)21(3)14(2)18-12-15-7-5-6-8-17(15)26-18/h5-12,14H,1-4H3. The van der Waals surface area contributed by atoms with E-state index in [9.17, 15) is 13.2 Å². The summed E-state index contributed by atoms with van der Waals surface area (Å²) in [5, 5.41) is 0.920. The number of aryl methyl sites for hydroxylation is 1. The summed E-state index contributed by atoms with van der Waals surface area (Å²) in [6.45, 7) is 3.42. The van der Waals surface area contributed by atoms with E-state index in [4.69, 9.17) is 4.42 Å². The van der Waals surface area contributed by atoms with Crippen molar-refractivity contribution in [2.45, 2.75) is 24.8 Å². The Bertz CT molecular complexity index is 1070. The second kappa shape index (κ2) is 7.17. The number of carbonyl (C=O) groups excluding carboxylic acids is 1. The van der Waals surface area contributed by atoms with Gasteiger partial charge in [0, 0.05) is 12.4 Å². The molecule has 1 aromatic heterocycles. The highest BCUT2D eigenvalue weighted by Crippen LogP contribution is 2.31. The van der Waals surface area contributed by atoms with Crippen LogP contribution in [0.25, 0.3) is 11.0 Å². The van der Waals surface area contributed by atoms with E-state index in [0.29, 0.717) is 22.5 Å². The van der Waals surface area contributed by atoms with E-state index in [2.05, 4.69) is 4.74 Å². The van der Waals surface area contributed by atoms with E-state index in [1.165, 1.54) is 36.7 Å². The van der Waals surface area contributed by atoms with Crippen LogP contribution in [0.5, 0.6) is 0 Å². The minimum Gasteiger partial charge on any atom is -0.465 e. The Morgan fingerprint density at radius 2 is 1.85 bits per heavy atom. The molecule has 3 rings (SSSR count). The van der Waals surface area contributed by atoms with E-state index in [-0.39, 0.29) is 4.90 Å². The number of nitrogens with zero attached hydrogens (tertiary/aromatic N) is 1. The Kier molecular flexibility index (Phi) is 5.08. The van der Waals surface area contributed by atoms with Crippen LogP contribution in [-0.2, 0) is 14.8 Å². The Labute approximate surface area is 158 Å². The maximum atomic E-state index is 13.1. The molecule has 6 nitrogen and oxygen atoms in total. The lowest BCUT2D eigenvalue weighted by molar-refractivity contribution is 0.0600. The molecule has 7 heteroatoms. The number of carbonyl (C=O) groups is 1. The molecule has 0 saturated heterocycles. The fraction of sp³-hybridized carbons (Fsp3) is 0.250. The topological polar surface area (TPSA) is 76.8 Å². The van der Waals surface area contributed by atoms with Gasteiger partial charge in [-0.1, -0.05) is 18.2 Å². The maximum Gasteiger partial charge on any atom is 0.337 e. The molecule has 0 spiro atoms. The zero-order valence-corrected chi connectivity index (χ0v) is 16.4. The first kappa shape index (κ1) is 19.1. The van der Waals surface area contributed by atoms with Crippen molar-refractivity contribution in [3.8, 4) is 0 Å². The summed E-state index contributed by atoms with van der Waals surface area (Å²) in [6, 6.07) is 13.3. The lowest BCUT2D eigenvalue weighted by atomic mass is 10.1. The smallest absolute Gasteiger partial charge is 0.337 e. The van der Waals surface area contributed by atoms with Crippen LogP contribution in [0, 0.1) is 6.92 Å². The number of hydrogen-bond donors (Lipinski definition) is 0. The van der Waals surface area contributed by atoms with Crippen LogP contribution in [0.1, 0.15) is 34.6 Å². The second-order valence-corrected chi connectivity index (χ2v) is 8.32. The van der Waals surface area contributed by atoms with Gasteiger partial charge in [-0.3, -0.25) is 0 Å². The van der Waals surface area contributed by atoms with Crippen molar-refractivity contribution in [2.24, 2.45) is 0 Å². The lowest BCUT2D eigenvalue weighted by Gasteiger charge is -2.23. The van der Waals surface area contributed by atoms with Gasteiger partial charge in [-0.05, 0) is 49.7 Å². The predicted octanol–water partition coefficient (Wildman–Crippen LogP) is 3.91. The van der Waals surface area contributed by atoms with Gasteiger partial charge in [0.1, 0.15) is 11.3 Å². The molecule has 0 radical (unpaired) electrons. The van der Waals surface area contributed by atoms with Crippen LogP contribution in [0.3, 0.4) is 0 Å². The lowest BCUT2D eigenvalue weighted by Crippen LogP contribution is -2.30. The van der Waals surface area contributed by atoms with Gasteiger partial charge < -0.3 is 9.15 Å². The Hall–Kier alpha value is -2.64. The number of rotatable bonds is 5. The Morgan fingerprint density at radius 1 is 1.15 bits per heavy atom. The zero-order valence-electron chi connectivity index (χ0n) is 15.6. The van der Waals surface area contributed by atoms with Crippen LogP contribution in [-0.4, -0.2) is 32.8 Å². The molecule has 0 aliphatic heterocycles. The largest absolute Gasteiger partial charge is 0.465 e. The van der Waals surface area contributed by atoms with Crippen molar-refractivity contribution in [2.75, 3.05) is 14.2 Å². The summed E-state index contributed by atoms with van der Waals surface area (Å²) in [7, 11) is -0.985. The minimum absolute atomic E-state index is 0.139. The second-order valence-electron chi connectivity index (χ2n) is 6.36. The van der Waals surface area contributed by atoms with Crippen LogP contribution < -0.4 is 0 Å². The van der Waals surface area contributed by atoms with Crippen LogP contribution in [0.2, 0.25) is 0 Å². The number of sulfonamides is 1. The SMILES string of the molecule is COC(=O)c1ccc(S(=O)(=O)N(C)C(C)c2cc3ccccc3o2)c(C)c1. The zero-order chi connectivity index (χ0) is 19.8. The van der Waals surface area contributed by atoms with Gasteiger partial charge in [-0.2, -0.15) is 4.31 Å². The molecule has 2 aromatic carbocycles. The molecular formula is C20H21NO5S. The van der Waals surface area contributed by atoms with E-state index < -0.39 is 22.0 Å². The molecule has 0 bridgehead atoms. The number of fused-ring (bicyclic) bond motifs is 1. The Morgan fingerprint density at radius 3 is 2.48 bits per heavy atom. The number of para-hydroxylation sites is 1. The van der Waals surface area contributed by atoms with Crippen LogP contribution >= 0.6 is 0 Å². The van der Waals surface area contributed by atoms with Gasteiger partial charge in [0.05, 0.1) is 23.6 Å². The third-order valence-corrected chi connectivity index (χ3v) is 6.74. The van der Waals surface area contributed by atoms with Gasteiger partial charge >= 0.3 is 5.97 Å². The number of hydrogen-bond acceptors (Lipinski definition) is 5. The van der Waals surface area contributed by atoms with Crippen molar-refractivity contribution < 1.29 is 22.4 Å². The fourth-order valence-corrected chi connectivity index (χ4v) is 4.47. The summed E-state index contributed by atoms with van der Waals surface area (Å²) in [6.07, 6.45) is 0. The molecule has 27 heavy (non-hydrogen) atoms. The number of ether oxygens (including phenoxy) is 1. The van der Waals surface area contributed by atoms with E-state index >= 15 is 0 Å². The molecule has 0 amide bonds. The number of furan rings is 1. The normalized spacial score (nSPS) is 13.1. The first-order valence-corrected chi connectivity index (χ1v) is 9.85. The van der Waals surface area contributed by atoms with Crippen molar-refractivity contribution in [3.05, 3.63) is 65.4 Å². The number of methoxy groups -OCH3 is 1. The maximum absolute atomic E-state index is 13.1. The highest BCUT2D eigenvalue weighted by Gasteiger charge is 2.29. The van der Waals surface area contributed by atoms with E-state index in [0.717, 1.165) is 5.39 Å². The molecule has 1 unspecified atom stereocenters. The van der Waals surface area contributed by atoms with Crippen molar-refractivity contribution in [1.29, 1.82) is 0 Å². The first-order valence-electron chi connectivity index (χ1n) is 8.41. The molecule has 1 heterocycles. The van der Waals surface area contributed by atoms with Gasteiger partial charge in [-0.15, -0.1) is 0 Å². The third kappa shape index (κ3) is 3.48. The van der Waals surface area contributed by atoms with Crippen LogP contribution in [0.15, 0.2) is 57.8 Å². The van der Waals surface area contributed by atoms with Crippen molar-refractivity contribution in [3.63, 3.8) is 0 Å². The summed E-state index contributed by atoms with van der Waals surface area (Å²) >= 11 is 0. The quantitative estimate of drug-likeness (QED) is 0.621. The molecule has 1 atom stereocenters. The average Bonchev–Trinajstić information content (AvgIpc) is 3.10. The summed E-state index contributed by atoms with van der Waals surface area (Å²) in [5.74, 6) is 0.0529. The number of benzene rings is 2. The van der Waals surface area contributed by atoms with Gasteiger partial charge in [0.15, 0.2) is 0 Å². The van der Waals surface area contributed by atoms with E-state index in [1.807, 2.05) is 30.3 Å². The monoisotopic (exact) mass is 387 g/mol. The third-order valence-electron chi connectivity index (χ3n) is 4.65. The fourth-order valence-electron chi connectivity index (χ4n) is 2.93. The molecule has 142 valence electrons. The molecule has 0 N–H and O–H groups in total. The average molecular weight is 387 g/mol. The first-order chi connectivity index (χ1) is 12.8. The summed E-state index contributed by atoms with van der Waals surface area (Å²) in [4.78, 5) is 11.8. The highest BCUT2D eigenvalue weighted by molar-refractivity contribution is 7.89. The summed E-state index contributed by atoms with van der Waals surface area (Å²) < 4.78 is 38.0. The molecule has 0 aliphatic carbocycles. The van der Waals surface area contributed by atoms with Gasteiger partial charge in [0.25, 0.3) is 0 Å². The molecule has 0 aliphatic rings. The molecule has 0 saturated carbocycles. The van der Waals surface area contributed by atoms with Gasteiger partial charge in [-0.25, -0.2) is 13.2 Å². The van der Waals surface area contributed by atoms with Crippen molar-refractivity contribution in [1.82, 2.24) is 4.31 Å². The predicted molar refractivity (Wildman–Crippen MR) is 102 cm³/mol. The minimum atomic E-state index is -3.78. The van der Waals surface area contributed by atoms with Crippen molar-refractivity contribution >= 4 is 27.0 Å². The summed E-state index contributed by atoms with van der Waals surface area (Å²) in [5.41, 5.74) is 1.49. The Balaban J connectivity index is 1.94. The number of esters is 1. The molecule has 3 aromatic rings. The van der Waals surface area contributed by atoms with Gasteiger partial charge in [0.2, 0.25) is 10.0 Å².